The van der Waals surface area contributed by atoms with Crippen molar-refractivity contribution in [3.8, 4) is 12.3 Å². The Balaban J connectivity index is 1.89. The van der Waals surface area contributed by atoms with Gasteiger partial charge in [0.25, 0.3) is 5.56 Å². The lowest BCUT2D eigenvalue weighted by atomic mass is 10.1. The molecule has 2 aromatic rings. The quantitative estimate of drug-likeness (QED) is 0.612. The highest BCUT2D eigenvalue weighted by Crippen LogP contribution is 2.30. The number of amides is 1. The number of hydrogen-bond donors (Lipinski definition) is 1. The summed E-state index contributed by atoms with van der Waals surface area (Å²) in [6, 6.07) is 4.39. The third-order valence-corrected chi connectivity index (χ3v) is 5.53. The van der Waals surface area contributed by atoms with E-state index >= 15 is 0 Å². The van der Waals surface area contributed by atoms with Crippen LogP contribution in [-0.2, 0) is 30.4 Å². The molecule has 0 saturated carbocycles. The van der Waals surface area contributed by atoms with E-state index in [9.17, 15) is 22.8 Å². The largest absolute Gasteiger partial charge is 0.444 e. The number of fused-ring (bicyclic) bond motifs is 1. The molecule has 1 atom stereocenters. The van der Waals surface area contributed by atoms with Gasteiger partial charge in [-0.05, 0) is 45.4 Å². The van der Waals surface area contributed by atoms with Gasteiger partial charge in [0.2, 0.25) is 5.95 Å². The number of ether oxygens (including phenoxy) is 1. The lowest BCUT2D eigenvalue weighted by molar-refractivity contribution is -0.137. The Morgan fingerprint density at radius 3 is 2.49 bits per heavy atom. The van der Waals surface area contributed by atoms with Crippen LogP contribution in [-0.4, -0.2) is 32.7 Å². The van der Waals surface area contributed by atoms with Crippen LogP contribution in [0.25, 0.3) is 0 Å². The topological polar surface area (TPSA) is 76.5 Å². The van der Waals surface area contributed by atoms with E-state index in [1.54, 1.807) is 27.7 Å². The number of nitrogens with one attached hydrogen (secondary N) is 1. The number of carbonyl (C=O) groups is 1. The van der Waals surface area contributed by atoms with Crippen molar-refractivity contribution in [2.24, 2.45) is 0 Å². The normalized spacial score (nSPS) is 14.6. The van der Waals surface area contributed by atoms with E-state index in [0.29, 0.717) is 29.8 Å². The van der Waals surface area contributed by atoms with E-state index in [4.69, 9.17) is 11.2 Å². The van der Waals surface area contributed by atoms with E-state index in [2.05, 4.69) is 16.2 Å². The summed E-state index contributed by atoms with van der Waals surface area (Å²) < 4.78 is 45.5. The molecule has 0 saturated heterocycles. The van der Waals surface area contributed by atoms with Gasteiger partial charge in [0.05, 0.1) is 29.4 Å². The second kappa shape index (κ2) is 10.0. The number of alkyl halides is 3. The van der Waals surface area contributed by atoms with Gasteiger partial charge in [0, 0.05) is 25.9 Å². The average molecular weight is 491 g/mol. The lowest BCUT2D eigenvalue weighted by Gasteiger charge is -2.31. The van der Waals surface area contributed by atoms with E-state index in [-0.39, 0.29) is 31.0 Å². The maximum absolute atomic E-state index is 13.4. The molecule has 0 bridgehead atoms. The standard InChI is InChI=1S/C25H29F3N4O3/c1-6-7-13-32-21(33)19-15-31(23(34)35-24(3,4)5)14-12-20(19)30-22(32)29-16(2)17-8-10-18(11-9-17)25(26,27)28/h1,8-11,16H,7,12-15H2,2-5H3,(H,29,30)/t16-/m0/s1. The van der Waals surface area contributed by atoms with Crippen molar-refractivity contribution in [3.63, 3.8) is 0 Å². The number of nitrogens with zero attached hydrogens (tertiary/aromatic N) is 3. The van der Waals surface area contributed by atoms with Crippen molar-refractivity contribution in [1.82, 2.24) is 14.5 Å². The summed E-state index contributed by atoms with van der Waals surface area (Å²) in [4.78, 5) is 32.0. The Hall–Kier alpha value is -3.48. The Bertz CT molecular complexity index is 1180. The summed E-state index contributed by atoms with van der Waals surface area (Å²) in [7, 11) is 0. The van der Waals surface area contributed by atoms with E-state index in [0.717, 1.165) is 12.1 Å². The molecular weight excluding hydrogens is 461 g/mol. The van der Waals surface area contributed by atoms with E-state index in [1.807, 2.05) is 0 Å². The lowest BCUT2D eigenvalue weighted by Crippen LogP contribution is -2.43. The van der Waals surface area contributed by atoms with Gasteiger partial charge in [-0.3, -0.25) is 9.36 Å². The molecular formula is C25H29F3N4O3. The highest BCUT2D eigenvalue weighted by Gasteiger charge is 2.31. The van der Waals surface area contributed by atoms with Crippen LogP contribution in [0.15, 0.2) is 29.1 Å². The predicted octanol–water partition coefficient (Wildman–Crippen LogP) is 4.75. The summed E-state index contributed by atoms with van der Waals surface area (Å²) in [5.74, 6) is 2.78. The summed E-state index contributed by atoms with van der Waals surface area (Å²) in [6.45, 7) is 7.69. The van der Waals surface area contributed by atoms with Gasteiger partial charge in [-0.1, -0.05) is 12.1 Å². The molecule has 35 heavy (non-hydrogen) atoms. The van der Waals surface area contributed by atoms with E-state index in [1.165, 1.54) is 21.6 Å². The predicted molar refractivity (Wildman–Crippen MR) is 126 cm³/mol. The first kappa shape index (κ1) is 26.1. The zero-order valence-corrected chi connectivity index (χ0v) is 20.2. The fourth-order valence-corrected chi connectivity index (χ4v) is 3.73. The summed E-state index contributed by atoms with van der Waals surface area (Å²) in [6.07, 6.45) is 1.13. The minimum absolute atomic E-state index is 0.0703. The highest BCUT2D eigenvalue weighted by molar-refractivity contribution is 5.68. The summed E-state index contributed by atoms with van der Waals surface area (Å²) in [5.41, 5.74) is -0.156. The molecule has 1 aliphatic rings. The zero-order chi connectivity index (χ0) is 26.0. The first-order chi connectivity index (χ1) is 16.3. The third kappa shape index (κ3) is 6.35. The molecule has 10 heteroatoms. The molecule has 1 aromatic heterocycles. The molecule has 1 aromatic carbocycles. The molecule has 3 rings (SSSR count). The molecule has 2 heterocycles. The molecule has 0 unspecified atom stereocenters. The SMILES string of the molecule is C#CCCn1c(N[C@@H](C)c2ccc(C(F)(F)F)cc2)nc2c(c1=O)CN(C(=O)OC(C)(C)C)CC2. The second-order valence-corrected chi connectivity index (χ2v) is 9.41. The van der Waals surface area contributed by atoms with Crippen molar-refractivity contribution in [3.05, 3.63) is 57.0 Å². The molecule has 188 valence electrons. The molecule has 7 nitrogen and oxygen atoms in total. The fourth-order valence-electron chi connectivity index (χ4n) is 3.73. The van der Waals surface area contributed by atoms with Gasteiger partial charge in [-0.25, -0.2) is 9.78 Å². The molecule has 0 radical (unpaired) electrons. The molecule has 1 amide bonds. The first-order valence-electron chi connectivity index (χ1n) is 11.3. The van der Waals surface area contributed by atoms with Gasteiger partial charge < -0.3 is 15.0 Å². The third-order valence-electron chi connectivity index (χ3n) is 5.53. The minimum atomic E-state index is -4.42. The maximum Gasteiger partial charge on any atom is 0.416 e. The van der Waals surface area contributed by atoms with Crippen molar-refractivity contribution >= 4 is 12.0 Å². The zero-order valence-electron chi connectivity index (χ0n) is 20.2. The highest BCUT2D eigenvalue weighted by atomic mass is 19.4. The van der Waals surface area contributed by atoms with Crippen molar-refractivity contribution in [2.75, 3.05) is 11.9 Å². The number of rotatable bonds is 5. The number of hydrogen-bond acceptors (Lipinski definition) is 5. The fraction of sp³-hybridized carbons (Fsp3) is 0.480. The van der Waals surface area contributed by atoms with Crippen molar-refractivity contribution in [1.29, 1.82) is 0 Å². The number of carbonyl (C=O) groups excluding carboxylic acids is 1. The average Bonchev–Trinajstić information content (AvgIpc) is 2.77. The first-order valence-corrected chi connectivity index (χ1v) is 11.3. The summed E-state index contributed by atoms with van der Waals surface area (Å²) >= 11 is 0. The smallest absolute Gasteiger partial charge is 0.416 e. The summed E-state index contributed by atoms with van der Waals surface area (Å²) in [5, 5.41) is 3.15. The van der Waals surface area contributed by atoms with Gasteiger partial charge in [0.1, 0.15) is 5.60 Å². The van der Waals surface area contributed by atoms with E-state index < -0.39 is 29.5 Å². The van der Waals surface area contributed by atoms with Gasteiger partial charge in [0.15, 0.2) is 0 Å². The number of anilines is 1. The van der Waals surface area contributed by atoms with Gasteiger partial charge in [-0.15, -0.1) is 12.3 Å². The van der Waals surface area contributed by atoms with Crippen LogP contribution in [0.1, 0.15) is 62.5 Å². The van der Waals surface area contributed by atoms with Crippen LogP contribution in [0.4, 0.5) is 23.9 Å². The van der Waals surface area contributed by atoms with Crippen LogP contribution in [0.3, 0.4) is 0 Å². The van der Waals surface area contributed by atoms with Crippen LogP contribution < -0.4 is 10.9 Å². The minimum Gasteiger partial charge on any atom is -0.444 e. The molecule has 1 N–H and O–H groups in total. The van der Waals surface area contributed by atoms with Crippen LogP contribution in [0, 0.1) is 12.3 Å². The Kier molecular flexibility index (Phi) is 7.48. The number of halogens is 3. The molecule has 1 aliphatic heterocycles. The van der Waals surface area contributed by atoms with Gasteiger partial charge in [-0.2, -0.15) is 13.2 Å². The second-order valence-electron chi connectivity index (χ2n) is 9.41. The van der Waals surface area contributed by atoms with Gasteiger partial charge >= 0.3 is 12.3 Å². The molecule has 0 aliphatic carbocycles. The van der Waals surface area contributed by atoms with Crippen molar-refractivity contribution in [2.45, 2.75) is 71.4 Å². The van der Waals surface area contributed by atoms with Crippen molar-refractivity contribution < 1.29 is 22.7 Å². The Morgan fingerprint density at radius 1 is 1.26 bits per heavy atom. The number of terminal acetylenes is 1. The molecule has 0 spiro atoms. The number of benzene rings is 1. The Labute approximate surface area is 202 Å². The number of aromatic nitrogens is 2. The van der Waals surface area contributed by atoms with Crippen LogP contribution in [0.5, 0.6) is 0 Å². The van der Waals surface area contributed by atoms with Crippen LogP contribution >= 0.6 is 0 Å². The molecule has 0 fully saturated rings. The Morgan fingerprint density at radius 2 is 1.91 bits per heavy atom. The maximum atomic E-state index is 13.4. The monoisotopic (exact) mass is 490 g/mol. The van der Waals surface area contributed by atoms with Crippen LogP contribution in [0.2, 0.25) is 0 Å².